The fraction of sp³-hybridized carbons (Fsp3) is 0.0952. The third kappa shape index (κ3) is 4.14. The number of aryl methyl sites for hydroxylation is 1. The van der Waals surface area contributed by atoms with Crippen molar-refractivity contribution in [1.82, 2.24) is 20.4 Å². The number of carbonyl (C=O) groups excluding carboxylic acids is 2. The largest absolute Gasteiger partial charge is 0.444 e. The number of nitrogens with one attached hydrogen (secondary N) is 1. The molecule has 0 atom stereocenters. The van der Waals surface area contributed by atoms with Crippen LogP contribution in [0.15, 0.2) is 63.7 Å². The van der Waals surface area contributed by atoms with Crippen LogP contribution < -0.4 is 5.32 Å². The molecular weight excluding hydrogens is 391 g/mol. The van der Waals surface area contributed by atoms with E-state index < -0.39 is 11.7 Å². The third-order valence-electron chi connectivity index (χ3n) is 4.20. The second-order valence-electron chi connectivity index (χ2n) is 6.37. The van der Waals surface area contributed by atoms with Gasteiger partial charge >= 0.3 is 0 Å². The molecule has 2 aromatic heterocycles. The molecule has 0 aliphatic rings. The summed E-state index contributed by atoms with van der Waals surface area (Å²) in [7, 11) is 0. The van der Waals surface area contributed by atoms with Gasteiger partial charge in [-0.25, -0.2) is 9.37 Å². The maximum Gasteiger partial charge on any atom is 0.251 e. The first-order valence-electron chi connectivity index (χ1n) is 8.93. The monoisotopic (exact) mass is 406 g/mol. The molecule has 0 saturated carbocycles. The first kappa shape index (κ1) is 19.2. The second-order valence-corrected chi connectivity index (χ2v) is 6.37. The maximum absolute atomic E-state index is 13.0. The third-order valence-corrected chi connectivity index (χ3v) is 4.20. The Bertz CT molecular complexity index is 1210. The lowest BCUT2D eigenvalue weighted by Gasteiger charge is -2.04. The topological polar surface area (TPSA) is 111 Å². The summed E-state index contributed by atoms with van der Waals surface area (Å²) in [6, 6.07) is 12.2. The van der Waals surface area contributed by atoms with Crippen molar-refractivity contribution >= 4 is 11.7 Å². The predicted octanol–water partition coefficient (Wildman–Crippen LogP) is 3.45. The van der Waals surface area contributed by atoms with Crippen molar-refractivity contribution in [2.75, 3.05) is 6.54 Å². The molecule has 2 aromatic carbocycles. The van der Waals surface area contributed by atoms with Crippen LogP contribution in [0, 0.1) is 12.7 Å². The van der Waals surface area contributed by atoms with Crippen molar-refractivity contribution in [3.63, 3.8) is 0 Å². The van der Waals surface area contributed by atoms with Crippen molar-refractivity contribution in [2.45, 2.75) is 6.92 Å². The fourth-order valence-corrected chi connectivity index (χ4v) is 2.70. The minimum Gasteiger partial charge on any atom is -0.444 e. The maximum atomic E-state index is 13.0. The summed E-state index contributed by atoms with van der Waals surface area (Å²) in [5.74, 6) is -0.277. The Morgan fingerprint density at radius 1 is 1.07 bits per heavy atom. The number of ketones is 1. The molecule has 0 aliphatic carbocycles. The van der Waals surface area contributed by atoms with Crippen LogP contribution in [0.1, 0.15) is 26.7 Å². The predicted molar refractivity (Wildman–Crippen MR) is 103 cm³/mol. The first-order valence-corrected chi connectivity index (χ1v) is 8.93. The van der Waals surface area contributed by atoms with Crippen LogP contribution in [0.3, 0.4) is 0 Å². The first-order chi connectivity index (χ1) is 14.5. The summed E-state index contributed by atoms with van der Waals surface area (Å²) in [6.07, 6.45) is 1.20. The Balaban J connectivity index is 1.41. The van der Waals surface area contributed by atoms with Gasteiger partial charge in [0, 0.05) is 23.6 Å². The number of benzene rings is 2. The van der Waals surface area contributed by atoms with E-state index in [0.29, 0.717) is 28.4 Å². The van der Waals surface area contributed by atoms with Gasteiger partial charge < -0.3 is 14.3 Å². The van der Waals surface area contributed by atoms with Crippen molar-refractivity contribution in [2.24, 2.45) is 0 Å². The summed E-state index contributed by atoms with van der Waals surface area (Å²) in [4.78, 5) is 33.0. The van der Waals surface area contributed by atoms with Gasteiger partial charge in [-0.15, -0.1) is 0 Å². The van der Waals surface area contributed by atoms with Crippen LogP contribution in [-0.4, -0.2) is 33.4 Å². The molecule has 8 nitrogen and oxygen atoms in total. The molecular formula is C21H15FN4O4. The molecule has 0 fully saturated rings. The molecule has 9 heteroatoms. The number of carbonyl (C=O) groups is 2. The molecule has 4 rings (SSSR count). The number of hydrogen-bond acceptors (Lipinski definition) is 7. The molecule has 0 saturated heterocycles. The van der Waals surface area contributed by atoms with Crippen molar-refractivity contribution in [3.05, 3.63) is 77.8 Å². The number of nitrogens with zero attached hydrogens (tertiary/aromatic N) is 3. The Hall–Kier alpha value is -4.14. The van der Waals surface area contributed by atoms with Crippen LogP contribution in [0.2, 0.25) is 0 Å². The van der Waals surface area contributed by atoms with Crippen LogP contribution in [0.25, 0.3) is 22.8 Å². The number of oxazole rings is 1. The molecule has 0 aliphatic heterocycles. The van der Waals surface area contributed by atoms with E-state index in [2.05, 4.69) is 20.4 Å². The summed E-state index contributed by atoms with van der Waals surface area (Å²) in [5.41, 5.74) is 1.56. The lowest BCUT2D eigenvalue weighted by Crippen LogP contribution is -2.29. The van der Waals surface area contributed by atoms with E-state index in [4.69, 9.17) is 8.94 Å². The summed E-state index contributed by atoms with van der Waals surface area (Å²) in [6.45, 7) is 1.41. The molecule has 2 heterocycles. The smallest absolute Gasteiger partial charge is 0.251 e. The average Bonchev–Trinajstić information content (AvgIpc) is 3.42. The normalized spacial score (nSPS) is 10.7. The quantitative estimate of drug-likeness (QED) is 0.488. The van der Waals surface area contributed by atoms with Gasteiger partial charge in [0.05, 0.1) is 6.54 Å². The number of hydrogen-bond donors (Lipinski definition) is 1. The average molecular weight is 406 g/mol. The van der Waals surface area contributed by atoms with Crippen molar-refractivity contribution < 1.29 is 22.9 Å². The van der Waals surface area contributed by atoms with E-state index in [1.54, 1.807) is 31.2 Å². The van der Waals surface area contributed by atoms with Crippen LogP contribution in [0.5, 0.6) is 0 Å². The standard InChI is InChI=1S/C21H15FN4O4/c1-12-24-19(26-30-12)14-3-2-4-15(9-14)20(28)23-10-18(27)17-11-29-21(25-17)13-5-7-16(22)8-6-13/h2-9,11H,10H2,1H3,(H,23,28). The minimum absolute atomic E-state index is 0.0608. The van der Waals surface area contributed by atoms with Crippen LogP contribution in [-0.2, 0) is 0 Å². The van der Waals surface area contributed by atoms with Gasteiger partial charge in [0.2, 0.25) is 23.4 Å². The van der Waals surface area contributed by atoms with Crippen molar-refractivity contribution in [1.29, 1.82) is 0 Å². The molecule has 4 aromatic rings. The molecule has 1 amide bonds. The van der Waals surface area contributed by atoms with Gasteiger partial charge in [-0.2, -0.15) is 4.98 Å². The number of rotatable bonds is 6. The molecule has 0 unspecified atom stereocenters. The number of halogens is 1. The molecule has 0 spiro atoms. The van der Waals surface area contributed by atoms with E-state index in [1.165, 1.54) is 30.5 Å². The van der Waals surface area contributed by atoms with E-state index in [-0.39, 0.29) is 23.9 Å². The van der Waals surface area contributed by atoms with E-state index in [0.717, 1.165) is 0 Å². The fourth-order valence-electron chi connectivity index (χ4n) is 2.70. The molecule has 0 radical (unpaired) electrons. The molecule has 1 N–H and O–H groups in total. The lowest BCUT2D eigenvalue weighted by atomic mass is 10.1. The van der Waals surface area contributed by atoms with Gasteiger partial charge in [0.15, 0.2) is 0 Å². The summed E-state index contributed by atoms with van der Waals surface area (Å²) < 4.78 is 23.2. The highest BCUT2D eigenvalue weighted by Gasteiger charge is 2.16. The molecule has 0 bridgehead atoms. The Labute approximate surface area is 169 Å². The Morgan fingerprint density at radius 2 is 1.87 bits per heavy atom. The van der Waals surface area contributed by atoms with Gasteiger partial charge in [-0.05, 0) is 36.4 Å². The highest BCUT2D eigenvalue weighted by atomic mass is 19.1. The highest BCUT2D eigenvalue weighted by molar-refractivity contribution is 6.01. The Morgan fingerprint density at radius 3 is 2.60 bits per heavy atom. The number of amides is 1. The molecule has 30 heavy (non-hydrogen) atoms. The number of aromatic nitrogens is 3. The van der Waals surface area contributed by atoms with Crippen LogP contribution >= 0.6 is 0 Å². The van der Waals surface area contributed by atoms with E-state index >= 15 is 0 Å². The minimum atomic E-state index is -0.437. The van der Waals surface area contributed by atoms with E-state index in [1.807, 2.05) is 0 Å². The summed E-state index contributed by atoms with van der Waals surface area (Å²) in [5, 5.41) is 6.37. The Kier molecular flexibility index (Phi) is 5.17. The zero-order chi connectivity index (χ0) is 21.1. The number of Topliss-reactive ketones (excluding diaryl/α,β-unsaturated/α-hetero) is 1. The van der Waals surface area contributed by atoms with Gasteiger partial charge in [-0.3, -0.25) is 9.59 Å². The second kappa shape index (κ2) is 8.08. The summed E-state index contributed by atoms with van der Waals surface area (Å²) >= 11 is 0. The van der Waals surface area contributed by atoms with Gasteiger partial charge in [-0.1, -0.05) is 17.3 Å². The van der Waals surface area contributed by atoms with Crippen molar-refractivity contribution in [3.8, 4) is 22.8 Å². The van der Waals surface area contributed by atoms with Gasteiger partial charge in [0.25, 0.3) is 5.91 Å². The van der Waals surface area contributed by atoms with E-state index in [9.17, 15) is 14.0 Å². The zero-order valence-corrected chi connectivity index (χ0v) is 15.8. The zero-order valence-electron chi connectivity index (χ0n) is 15.8. The lowest BCUT2D eigenvalue weighted by molar-refractivity contribution is 0.0902. The highest BCUT2D eigenvalue weighted by Crippen LogP contribution is 2.19. The SMILES string of the molecule is Cc1nc(-c2cccc(C(=O)NCC(=O)c3coc(-c4ccc(F)cc4)n3)c2)no1. The molecule has 150 valence electrons. The van der Waals surface area contributed by atoms with Crippen LogP contribution in [0.4, 0.5) is 4.39 Å². The van der Waals surface area contributed by atoms with Gasteiger partial charge in [0.1, 0.15) is 17.8 Å².